The number of ether oxygens (including phenoxy) is 2. The lowest BCUT2D eigenvalue weighted by atomic mass is 10.0. The number of aromatic amines is 1. The Bertz CT molecular complexity index is 1800. The number of hydrogen-bond donors (Lipinski definition) is 2. The third-order valence-electron chi connectivity index (χ3n) is 7.65. The molecule has 0 fully saturated rings. The average Bonchev–Trinajstić information content (AvgIpc) is 3.01. The Labute approximate surface area is 250 Å². The van der Waals surface area contributed by atoms with Crippen LogP contribution in [0.1, 0.15) is 29.5 Å². The first kappa shape index (κ1) is 29.8. The molecule has 0 aliphatic carbocycles. The van der Waals surface area contributed by atoms with Gasteiger partial charge in [-0.1, -0.05) is 36.4 Å². The molecule has 1 heterocycles. The Hall–Kier alpha value is -4.69. The number of benzene rings is 4. The zero-order chi connectivity index (χ0) is 30.3. The van der Waals surface area contributed by atoms with Gasteiger partial charge in [-0.15, -0.1) is 0 Å². The van der Waals surface area contributed by atoms with E-state index in [4.69, 9.17) is 9.47 Å². The number of nitrogens with one attached hydrogen (secondary N) is 2. The summed E-state index contributed by atoms with van der Waals surface area (Å²) in [5.41, 5.74) is 4.08. The van der Waals surface area contributed by atoms with E-state index in [0.717, 1.165) is 43.9 Å². The molecule has 1 aromatic heterocycles. The van der Waals surface area contributed by atoms with Gasteiger partial charge >= 0.3 is 0 Å². The van der Waals surface area contributed by atoms with Gasteiger partial charge in [-0.05, 0) is 92.0 Å². The van der Waals surface area contributed by atoms with E-state index in [1.807, 2.05) is 36.4 Å². The summed E-state index contributed by atoms with van der Waals surface area (Å²) in [6.07, 6.45) is 3.11. The maximum absolute atomic E-state index is 14.4. The first-order chi connectivity index (χ1) is 20.9. The number of aromatic nitrogens is 1. The number of hydrogen-bond acceptors (Lipinski definition) is 5. The third kappa shape index (κ3) is 7.04. The van der Waals surface area contributed by atoms with Crippen molar-refractivity contribution in [3.05, 3.63) is 112 Å². The molecule has 0 spiro atoms. The van der Waals surface area contributed by atoms with Crippen molar-refractivity contribution >= 4 is 33.4 Å². The number of carbonyl (C=O) groups excluding carboxylic acids is 1. The van der Waals surface area contributed by atoms with Gasteiger partial charge in [0.2, 0.25) is 5.91 Å². The SMILES string of the molecule is COc1ccc(CN(C)CCCCc2ccc(NC(=O)Cc3cccc4c(=O)c5cccc(F)c5[nH]c34)cc2)cc1OC. The minimum Gasteiger partial charge on any atom is -0.493 e. The Morgan fingerprint density at radius 1 is 0.860 bits per heavy atom. The van der Waals surface area contributed by atoms with Crippen molar-refractivity contribution in [2.24, 2.45) is 0 Å². The monoisotopic (exact) mass is 581 g/mol. The maximum Gasteiger partial charge on any atom is 0.228 e. The predicted octanol–water partition coefficient (Wildman–Crippen LogP) is 6.47. The van der Waals surface area contributed by atoms with Crippen LogP contribution in [0.15, 0.2) is 83.7 Å². The van der Waals surface area contributed by atoms with Crippen LogP contribution < -0.4 is 20.2 Å². The van der Waals surface area contributed by atoms with E-state index in [1.165, 1.54) is 23.3 Å². The molecule has 0 bridgehead atoms. The second kappa shape index (κ2) is 13.5. The number of carbonyl (C=O) groups is 1. The van der Waals surface area contributed by atoms with E-state index in [1.54, 1.807) is 38.5 Å². The predicted molar refractivity (Wildman–Crippen MR) is 170 cm³/mol. The summed E-state index contributed by atoms with van der Waals surface area (Å²) in [5, 5.41) is 3.66. The fraction of sp³-hybridized carbons (Fsp3) is 0.257. The Morgan fingerprint density at radius 2 is 1.56 bits per heavy atom. The molecular formula is C35H36FN3O4. The normalized spacial score (nSPS) is 11.3. The van der Waals surface area contributed by atoms with Crippen LogP contribution in [0.25, 0.3) is 21.8 Å². The van der Waals surface area contributed by atoms with Crippen LogP contribution >= 0.6 is 0 Å². The zero-order valence-electron chi connectivity index (χ0n) is 24.7. The summed E-state index contributed by atoms with van der Waals surface area (Å²) < 4.78 is 25.1. The van der Waals surface area contributed by atoms with Gasteiger partial charge in [-0.2, -0.15) is 0 Å². The molecule has 222 valence electrons. The van der Waals surface area contributed by atoms with Gasteiger partial charge in [0.1, 0.15) is 5.82 Å². The smallest absolute Gasteiger partial charge is 0.228 e. The van der Waals surface area contributed by atoms with E-state index >= 15 is 0 Å². The van der Waals surface area contributed by atoms with Crippen LogP contribution in [0.5, 0.6) is 11.5 Å². The summed E-state index contributed by atoms with van der Waals surface area (Å²) in [7, 11) is 5.40. The Kier molecular flexibility index (Phi) is 9.37. The standard InChI is InChI=1S/C35H36FN3O4/c1-39(22-24-15-18-30(42-2)31(20-24)43-3)19-5-4-8-23-13-16-26(17-14-23)37-32(40)21-25-9-6-10-27-33(25)38-34-28(35(27)41)11-7-12-29(34)36/h6-7,9-18,20H,4-5,8,19,21-22H2,1-3H3,(H,37,40)(H,38,41). The molecule has 43 heavy (non-hydrogen) atoms. The quantitative estimate of drug-likeness (QED) is 0.130. The number of H-pyrrole nitrogens is 1. The van der Waals surface area contributed by atoms with Crippen LogP contribution in [0.4, 0.5) is 10.1 Å². The number of rotatable bonds is 12. The second-order valence-corrected chi connectivity index (χ2v) is 10.8. The van der Waals surface area contributed by atoms with Crippen LogP contribution in [-0.2, 0) is 24.2 Å². The number of methoxy groups -OCH3 is 2. The van der Waals surface area contributed by atoms with E-state index < -0.39 is 5.82 Å². The fourth-order valence-electron chi connectivity index (χ4n) is 5.41. The molecule has 0 saturated carbocycles. The number of pyridine rings is 1. The lowest BCUT2D eigenvalue weighted by molar-refractivity contribution is -0.115. The molecule has 8 heteroatoms. The first-order valence-corrected chi connectivity index (χ1v) is 14.4. The molecule has 0 unspecified atom stereocenters. The zero-order valence-corrected chi connectivity index (χ0v) is 24.7. The minimum atomic E-state index is -0.502. The van der Waals surface area contributed by atoms with Crippen LogP contribution in [0, 0.1) is 5.82 Å². The van der Waals surface area contributed by atoms with Crippen molar-refractivity contribution in [3.8, 4) is 11.5 Å². The van der Waals surface area contributed by atoms with Gasteiger partial charge in [0.15, 0.2) is 16.9 Å². The average molecular weight is 582 g/mol. The van der Waals surface area contributed by atoms with E-state index in [2.05, 4.69) is 28.3 Å². The van der Waals surface area contributed by atoms with Crippen molar-refractivity contribution in [2.75, 3.05) is 33.1 Å². The highest BCUT2D eigenvalue weighted by Gasteiger charge is 2.14. The number of unbranched alkanes of at least 4 members (excludes halogenated alkanes) is 1. The highest BCUT2D eigenvalue weighted by Crippen LogP contribution is 2.28. The maximum atomic E-state index is 14.4. The molecule has 5 rings (SSSR count). The highest BCUT2D eigenvalue weighted by molar-refractivity contribution is 5.98. The molecule has 0 saturated heterocycles. The molecule has 2 N–H and O–H groups in total. The van der Waals surface area contributed by atoms with E-state index in [9.17, 15) is 14.0 Å². The molecule has 0 atom stereocenters. The number of anilines is 1. The summed E-state index contributed by atoms with van der Waals surface area (Å²) in [4.78, 5) is 31.2. The molecule has 0 radical (unpaired) electrons. The highest BCUT2D eigenvalue weighted by atomic mass is 19.1. The minimum absolute atomic E-state index is 0.0474. The lowest BCUT2D eigenvalue weighted by Gasteiger charge is -2.18. The number of para-hydroxylation sites is 2. The Balaban J connectivity index is 1.12. The van der Waals surface area contributed by atoms with Gasteiger partial charge in [0.25, 0.3) is 0 Å². The van der Waals surface area contributed by atoms with Crippen LogP contribution in [0.2, 0.25) is 0 Å². The largest absolute Gasteiger partial charge is 0.493 e. The second-order valence-electron chi connectivity index (χ2n) is 10.8. The summed E-state index contributed by atoms with van der Waals surface area (Å²) in [5.74, 6) is 0.751. The van der Waals surface area contributed by atoms with Gasteiger partial charge in [-0.25, -0.2) is 4.39 Å². The van der Waals surface area contributed by atoms with E-state index in [0.29, 0.717) is 22.2 Å². The number of amides is 1. The molecule has 1 amide bonds. The van der Waals surface area contributed by atoms with E-state index in [-0.39, 0.29) is 28.7 Å². The molecule has 5 aromatic rings. The molecular weight excluding hydrogens is 545 g/mol. The number of aryl methyl sites for hydroxylation is 1. The third-order valence-corrected chi connectivity index (χ3v) is 7.65. The molecule has 0 aliphatic heterocycles. The molecule has 4 aromatic carbocycles. The molecule has 7 nitrogen and oxygen atoms in total. The number of nitrogens with zero attached hydrogens (tertiary/aromatic N) is 1. The van der Waals surface area contributed by atoms with Gasteiger partial charge < -0.3 is 24.7 Å². The molecule has 0 aliphatic rings. The lowest BCUT2D eigenvalue weighted by Crippen LogP contribution is -2.19. The van der Waals surface area contributed by atoms with Crippen molar-refractivity contribution in [1.29, 1.82) is 0 Å². The summed E-state index contributed by atoms with van der Waals surface area (Å²) in [6.45, 7) is 1.81. The summed E-state index contributed by atoms with van der Waals surface area (Å²) >= 11 is 0. The van der Waals surface area contributed by atoms with Crippen molar-refractivity contribution in [2.45, 2.75) is 32.2 Å². The number of fused-ring (bicyclic) bond motifs is 2. The van der Waals surface area contributed by atoms with Crippen molar-refractivity contribution < 1.29 is 18.7 Å². The number of halogens is 1. The van der Waals surface area contributed by atoms with Crippen LogP contribution in [-0.4, -0.2) is 43.6 Å². The van der Waals surface area contributed by atoms with Crippen LogP contribution in [0.3, 0.4) is 0 Å². The van der Waals surface area contributed by atoms with Gasteiger partial charge in [0, 0.05) is 23.0 Å². The Morgan fingerprint density at radius 3 is 2.30 bits per heavy atom. The fourth-order valence-corrected chi connectivity index (χ4v) is 5.41. The van der Waals surface area contributed by atoms with Crippen molar-refractivity contribution in [1.82, 2.24) is 9.88 Å². The van der Waals surface area contributed by atoms with Gasteiger partial charge in [0.05, 0.1) is 31.7 Å². The summed E-state index contributed by atoms with van der Waals surface area (Å²) in [6, 6.07) is 23.5. The topological polar surface area (TPSA) is 83.7 Å². The first-order valence-electron chi connectivity index (χ1n) is 14.4. The van der Waals surface area contributed by atoms with Crippen molar-refractivity contribution in [3.63, 3.8) is 0 Å². The van der Waals surface area contributed by atoms with Gasteiger partial charge in [-0.3, -0.25) is 9.59 Å².